The normalized spacial score (nSPS) is 14.1. The number of anilines is 1. The summed E-state index contributed by atoms with van der Waals surface area (Å²) >= 11 is 0. The lowest BCUT2D eigenvalue weighted by Gasteiger charge is -2.14. The number of ether oxygens (including phenoxy) is 4. The first kappa shape index (κ1) is 26.8. The Balaban J connectivity index is 1.30. The molecule has 0 radical (unpaired) electrons. The maximum Gasteiger partial charge on any atom is 0.282 e. The van der Waals surface area contributed by atoms with Crippen LogP contribution in [0.25, 0.3) is 6.08 Å². The Labute approximate surface area is 222 Å². The molecule has 8 nitrogen and oxygen atoms in total. The van der Waals surface area contributed by atoms with Crippen molar-refractivity contribution in [1.82, 2.24) is 5.43 Å². The molecule has 8 heteroatoms. The Morgan fingerprint density at radius 3 is 2.29 bits per heavy atom. The summed E-state index contributed by atoms with van der Waals surface area (Å²) in [6, 6.07) is 20.2. The summed E-state index contributed by atoms with van der Waals surface area (Å²) in [5.41, 5.74) is 6.30. The van der Waals surface area contributed by atoms with E-state index < -0.39 is 11.8 Å². The molecule has 0 unspecified atom stereocenters. The van der Waals surface area contributed by atoms with E-state index in [1.54, 1.807) is 48.5 Å². The number of rotatable bonds is 12. The summed E-state index contributed by atoms with van der Waals surface area (Å²) in [5.74, 6) is 1.02. The van der Waals surface area contributed by atoms with Crippen LogP contribution in [0, 0.1) is 13.8 Å². The third-order valence-electron chi connectivity index (χ3n) is 5.94. The second-order valence-electron chi connectivity index (χ2n) is 8.67. The number of para-hydroxylation sites is 1. The topological polar surface area (TPSA) is 86.3 Å². The van der Waals surface area contributed by atoms with Crippen molar-refractivity contribution in [2.45, 2.75) is 20.8 Å². The van der Waals surface area contributed by atoms with Gasteiger partial charge in [0.15, 0.2) is 11.5 Å². The van der Waals surface area contributed by atoms with Gasteiger partial charge in [-0.2, -0.15) is 0 Å². The number of benzene rings is 3. The van der Waals surface area contributed by atoms with Gasteiger partial charge >= 0.3 is 0 Å². The van der Waals surface area contributed by atoms with E-state index in [4.69, 9.17) is 18.9 Å². The van der Waals surface area contributed by atoms with Crippen LogP contribution in [0.1, 0.15) is 23.6 Å². The second kappa shape index (κ2) is 12.8. The van der Waals surface area contributed by atoms with Gasteiger partial charge in [-0.1, -0.05) is 30.3 Å². The van der Waals surface area contributed by atoms with Gasteiger partial charge in [0, 0.05) is 0 Å². The number of amides is 2. The van der Waals surface area contributed by atoms with E-state index in [-0.39, 0.29) is 5.57 Å². The van der Waals surface area contributed by atoms with E-state index in [0.29, 0.717) is 55.8 Å². The summed E-state index contributed by atoms with van der Waals surface area (Å²) in [6.45, 7) is 8.04. The Bertz CT molecular complexity index is 1310. The fourth-order valence-corrected chi connectivity index (χ4v) is 3.82. The van der Waals surface area contributed by atoms with Gasteiger partial charge in [-0.15, -0.1) is 0 Å². The summed E-state index contributed by atoms with van der Waals surface area (Å²) < 4.78 is 22.9. The van der Waals surface area contributed by atoms with Crippen LogP contribution in [0.4, 0.5) is 5.69 Å². The van der Waals surface area contributed by atoms with Crippen molar-refractivity contribution in [2.75, 3.05) is 38.0 Å². The molecule has 3 aromatic rings. The van der Waals surface area contributed by atoms with Gasteiger partial charge in [0.05, 0.1) is 25.5 Å². The standard InChI is InChI=1S/C30H32N2O6/c1-4-36-28-20-23(19-26-29(33)31-32(30(26)34)24-8-6-5-7-9-24)11-13-27(28)38-17-15-35-14-16-37-25-12-10-21(2)22(3)18-25/h5-13,18-20H,4,14-17H2,1-3H3,(H,31,33). The van der Waals surface area contributed by atoms with Gasteiger partial charge in [-0.3, -0.25) is 15.0 Å². The van der Waals surface area contributed by atoms with Crippen molar-refractivity contribution < 1.29 is 28.5 Å². The predicted octanol–water partition coefficient (Wildman–Crippen LogP) is 4.64. The smallest absolute Gasteiger partial charge is 0.282 e. The van der Waals surface area contributed by atoms with E-state index in [9.17, 15) is 9.59 Å². The number of hydrogen-bond acceptors (Lipinski definition) is 6. The highest BCUT2D eigenvalue weighted by atomic mass is 16.6. The van der Waals surface area contributed by atoms with Crippen LogP contribution in [0.2, 0.25) is 0 Å². The lowest BCUT2D eigenvalue weighted by atomic mass is 10.1. The average Bonchev–Trinajstić information content (AvgIpc) is 3.20. The zero-order valence-electron chi connectivity index (χ0n) is 21.9. The minimum Gasteiger partial charge on any atom is -0.491 e. The summed E-state index contributed by atoms with van der Waals surface area (Å²) in [6.07, 6.45) is 1.55. The number of carbonyl (C=O) groups is 2. The van der Waals surface area contributed by atoms with Crippen LogP contribution >= 0.6 is 0 Å². The fourth-order valence-electron chi connectivity index (χ4n) is 3.82. The van der Waals surface area contributed by atoms with Crippen molar-refractivity contribution in [3.8, 4) is 17.2 Å². The first-order valence-corrected chi connectivity index (χ1v) is 12.6. The van der Waals surface area contributed by atoms with Gasteiger partial charge < -0.3 is 18.9 Å². The molecule has 38 heavy (non-hydrogen) atoms. The second-order valence-corrected chi connectivity index (χ2v) is 8.67. The molecule has 1 aliphatic rings. The van der Waals surface area contributed by atoms with Gasteiger partial charge in [0.2, 0.25) is 0 Å². The molecule has 0 aliphatic carbocycles. The molecule has 1 fully saturated rings. The zero-order chi connectivity index (χ0) is 26.9. The van der Waals surface area contributed by atoms with E-state index >= 15 is 0 Å². The largest absolute Gasteiger partial charge is 0.491 e. The highest BCUT2D eigenvalue weighted by molar-refractivity contribution is 6.31. The molecule has 0 spiro atoms. The van der Waals surface area contributed by atoms with Crippen molar-refractivity contribution in [1.29, 1.82) is 0 Å². The molecule has 1 saturated heterocycles. The van der Waals surface area contributed by atoms with Crippen LogP contribution in [-0.2, 0) is 14.3 Å². The summed E-state index contributed by atoms with van der Waals surface area (Å²) in [7, 11) is 0. The third-order valence-corrected chi connectivity index (χ3v) is 5.94. The van der Waals surface area contributed by atoms with Crippen molar-refractivity contribution in [3.63, 3.8) is 0 Å². The monoisotopic (exact) mass is 516 g/mol. The third kappa shape index (κ3) is 6.72. The Kier molecular flexibility index (Phi) is 9.00. The van der Waals surface area contributed by atoms with Crippen molar-refractivity contribution >= 4 is 23.6 Å². The zero-order valence-corrected chi connectivity index (χ0v) is 21.9. The van der Waals surface area contributed by atoms with Crippen LogP contribution in [-0.4, -0.2) is 44.8 Å². The number of hydrogen-bond donors (Lipinski definition) is 1. The molecule has 1 heterocycles. The Morgan fingerprint density at radius 1 is 0.789 bits per heavy atom. The van der Waals surface area contributed by atoms with E-state index in [1.165, 1.54) is 16.1 Å². The highest BCUT2D eigenvalue weighted by Gasteiger charge is 2.34. The first-order valence-electron chi connectivity index (χ1n) is 12.6. The van der Waals surface area contributed by atoms with Crippen molar-refractivity contribution in [3.05, 3.63) is 89.0 Å². The van der Waals surface area contributed by atoms with E-state index in [2.05, 4.69) is 19.3 Å². The molecule has 1 aliphatic heterocycles. The highest BCUT2D eigenvalue weighted by Crippen LogP contribution is 2.30. The van der Waals surface area contributed by atoms with Gasteiger partial charge in [-0.05, 0) is 79.9 Å². The molecular formula is C30H32N2O6. The molecule has 0 saturated carbocycles. The average molecular weight is 517 g/mol. The van der Waals surface area contributed by atoms with Gasteiger partial charge in [0.25, 0.3) is 11.8 Å². The lowest BCUT2D eigenvalue weighted by molar-refractivity contribution is -0.117. The Hall–Kier alpha value is -4.30. The van der Waals surface area contributed by atoms with Crippen molar-refractivity contribution in [2.24, 2.45) is 0 Å². The van der Waals surface area contributed by atoms with Gasteiger partial charge in [-0.25, -0.2) is 5.01 Å². The molecular weight excluding hydrogens is 484 g/mol. The van der Waals surface area contributed by atoms with Crippen LogP contribution in [0.5, 0.6) is 17.2 Å². The van der Waals surface area contributed by atoms with Crippen LogP contribution < -0.4 is 24.6 Å². The predicted molar refractivity (Wildman–Crippen MR) is 145 cm³/mol. The number of carbonyl (C=O) groups excluding carboxylic acids is 2. The lowest BCUT2D eigenvalue weighted by Crippen LogP contribution is -2.35. The van der Waals surface area contributed by atoms with E-state index in [0.717, 1.165) is 5.75 Å². The minimum atomic E-state index is -0.462. The number of nitrogens with one attached hydrogen (secondary N) is 1. The molecule has 2 amide bonds. The molecule has 0 atom stereocenters. The Morgan fingerprint density at radius 2 is 1.55 bits per heavy atom. The molecule has 198 valence electrons. The molecule has 1 N–H and O–H groups in total. The minimum absolute atomic E-state index is 0.0430. The first-order chi connectivity index (χ1) is 18.5. The fraction of sp³-hybridized carbons (Fsp3) is 0.267. The number of hydrazine groups is 1. The molecule has 0 aromatic heterocycles. The molecule has 0 bridgehead atoms. The maximum atomic E-state index is 12.9. The number of nitrogens with zero attached hydrogens (tertiary/aromatic N) is 1. The number of aryl methyl sites for hydroxylation is 2. The maximum absolute atomic E-state index is 12.9. The molecule has 3 aromatic carbocycles. The summed E-state index contributed by atoms with van der Waals surface area (Å²) in [5, 5.41) is 1.24. The van der Waals surface area contributed by atoms with Gasteiger partial charge in [0.1, 0.15) is 24.5 Å². The SMILES string of the molecule is CCOc1cc(C=C2C(=O)NN(c3ccccc3)C2=O)ccc1OCCOCCOc1ccc(C)c(C)c1. The van der Waals surface area contributed by atoms with Crippen LogP contribution in [0.3, 0.4) is 0 Å². The molecule has 4 rings (SSSR count). The van der Waals surface area contributed by atoms with Crippen LogP contribution in [0.15, 0.2) is 72.3 Å². The van der Waals surface area contributed by atoms with E-state index in [1.807, 2.05) is 31.2 Å². The summed E-state index contributed by atoms with van der Waals surface area (Å²) in [4.78, 5) is 25.3. The quantitative estimate of drug-likeness (QED) is 0.215.